The summed E-state index contributed by atoms with van der Waals surface area (Å²) in [5.74, 6) is -1.43. The third-order valence-electron chi connectivity index (χ3n) is 5.36. The van der Waals surface area contributed by atoms with Gasteiger partial charge in [0.1, 0.15) is 5.41 Å². The minimum Gasteiger partial charge on any atom is -0.469 e. The largest absolute Gasteiger partial charge is 0.469 e. The highest BCUT2D eigenvalue weighted by Crippen LogP contribution is 2.54. The van der Waals surface area contributed by atoms with Gasteiger partial charge in [-0.1, -0.05) is 68.3 Å². The Labute approximate surface area is 154 Å². The minimum absolute atomic E-state index is 0.379. The van der Waals surface area contributed by atoms with E-state index in [0.717, 1.165) is 35.1 Å². The van der Waals surface area contributed by atoms with Crippen molar-refractivity contribution in [1.29, 1.82) is 0 Å². The number of esters is 2. The molecule has 0 heterocycles. The van der Waals surface area contributed by atoms with E-state index in [0.29, 0.717) is 6.42 Å². The van der Waals surface area contributed by atoms with Gasteiger partial charge in [-0.25, -0.2) is 0 Å². The number of carbonyl (C=O) groups is 2. The summed E-state index contributed by atoms with van der Waals surface area (Å²) in [6.45, 7) is 2.07. The number of methoxy groups -OCH3 is 2. The molecule has 0 saturated heterocycles. The van der Waals surface area contributed by atoms with Crippen molar-refractivity contribution < 1.29 is 19.1 Å². The zero-order valence-electron chi connectivity index (χ0n) is 15.5. The monoisotopic (exact) mass is 352 g/mol. The molecule has 0 aliphatic heterocycles. The summed E-state index contributed by atoms with van der Waals surface area (Å²) in [5.41, 5.74) is 2.40. The number of hydrogen-bond acceptors (Lipinski definition) is 4. The summed E-state index contributed by atoms with van der Waals surface area (Å²) in [7, 11) is 2.75. The Morgan fingerprint density at radius 1 is 0.923 bits per heavy atom. The fraction of sp³-hybridized carbons (Fsp3) is 0.364. The van der Waals surface area contributed by atoms with Gasteiger partial charge in [0.05, 0.1) is 20.1 Å². The van der Waals surface area contributed by atoms with Crippen LogP contribution in [0.1, 0.15) is 37.3 Å². The van der Waals surface area contributed by atoms with Crippen LogP contribution in [0.3, 0.4) is 0 Å². The molecule has 4 nitrogen and oxygen atoms in total. The second-order valence-electron chi connectivity index (χ2n) is 6.61. The average molecular weight is 352 g/mol. The standard InChI is InChI=1S/C22H24O4/c1-4-5-12-19(20(23)25-2)22(21(24)26-3)17-13-8-6-10-15(17)16-11-7-9-14-18(16)22/h6-11,13-14,19H,4-5,12H2,1-3H3. The first-order valence-corrected chi connectivity index (χ1v) is 8.98. The summed E-state index contributed by atoms with van der Waals surface area (Å²) < 4.78 is 10.4. The Hall–Kier alpha value is -2.62. The van der Waals surface area contributed by atoms with Gasteiger partial charge >= 0.3 is 11.9 Å². The van der Waals surface area contributed by atoms with Gasteiger partial charge in [-0.05, 0) is 28.7 Å². The van der Waals surface area contributed by atoms with E-state index in [9.17, 15) is 9.59 Å². The average Bonchev–Trinajstić information content (AvgIpc) is 2.99. The van der Waals surface area contributed by atoms with Gasteiger partial charge in [0, 0.05) is 0 Å². The molecule has 0 amide bonds. The van der Waals surface area contributed by atoms with Gasteiger partial charge in [0.25, 0.3) is 0 Å². The molecule has 0 saturated carbocycles. The number of ether oxygens (including phenoxy) is 2. The molecule has 1 unspecified atom stereocenters. The smallest absolute Gasteiger partial charge is 0.321 e. The summed E-state index contributed by atoms with van der Waals surface area (Å²) in [6, 6.07) is 15.5. The molecule has 1 aliphatic rings. The highest BCUT2D eigenvalue weighted by atomic mass is 16.5. The molecular weight excluding hydrogens is 328 g/mol. The number of hydrogen-bond donors (Lipinski definition) is 0. The molecule has 4 heteroatoms. The number of fused-ring (bicyclic) bond motifs is 3. The summed E-state index contributed by atoms with van der Waals surface area (Å²) in [6.07, 6.45) is 2.30. The molecule has 3 rings (SSSR count). The maximum atomic E-state index is 13.3. The van der Waals surface area contributed by atoms with E-state index in [1.807, 2.05) is 48.5 Å². The number of carbonyl (C=O) groups excluding carboxylic acids is 2. The maximum Gasteiger partial charge on any atom is 0.321 e. The summed E-state index contributed by atoms with van der Waals surface area (Å²) in [5, 5.41) is 0. The predicted molar refractivity (Wildman–Crippen MR) is 99.7 cm³/mol. The van der Waals surface area contributed by atoms with Crippen molar-refractivity contribution in [2.75, 3.05) is 14.2 Å². The van der Waals surface area contributed by atoms with Crippen LogP contribution < -0.4 is 0 Å². The van der Waals surface area contributed by atoms with Crippen molar-refractivity contribution in [3.8, 4) is 11.1 Å². The Balaban J connectivity index is 2.35. The van der Waals surface area contributed by atoms with E-state index >= 15 is 0 Å². The fourth-order valence-corrected chi connectivity index (χ4v) is 4.23. The summed E-state index contributed by atoms with van der Waals surface area (Å²) >= 11 is 0. The van der Waals surface area contributed by atoms with Gasteiger partial charge in [0.15, 0.2) is 0 Å². The lowest BCUT2D eigenvalue weighted by Crippen LogP contribution is -2.47. The van der Waals surface area contributed by atoms with Crippen LogP contribution in [0.15, 0.2) is 48.5 Å². The van der Waals surface area contributed by atoms with E-state index in [1.54, 1.807) is 0 Å². The minimum atomic E-state index is -1.18. The van der Waals surface area contributed by atoms with E-state index in [2.05, 4.69) is 6.92 Å². The molecule has 0 spiro atoms. The molecule has 136 valence electrons. The Morgan fingerprint density at radius 3 is 1.92 bits per heavy atom. The Morgan fingerprint density at radius 2 is 1.46 bits per heavy atom. The predicted octanol–water partition coefficient (Wildman–Crippen LogP) is 4.11. The molecule has 0 fully saturated rings. The summed E-state index contributed by atoms with van der Waals surface area (Å²) in [4.78, 5) is 26.1. The van der Waals surface area contributed by atoms with Crippen LogP contribution in [0.25, 0.3) is 11.1 Å². The number of benzene rings is 2. The van der Waals surface area contributed by atoms with Crippen LogP contribution in [0.2, 0.25) is 0 Å². The lowest BCUT2D eigenvalue weighted by atomic mass is 9.66. The van der Waals surface area contributed by atoms with Crippen molar-refractivity contribution >= 4 is 11.9 Å². The van der Waals surface area contributed by atoms with Crippen LogP contribution in [-0.2, 0) is 24.5 Å². The molecule has 0 aromatic heterocycles. The molecule has 2 aromatic carbocycles. The topological polar surface area (TPSA) is 52.6 Å². The van der Waals surface area contributed by atoms with Gasteiger partial charge in [0.2, 0.25) is 0 Å². The third kappa shape index (κ3) is 2.52. The van der Waals surface area contributed by atoms with E-state index in [-0.39, 0.29) is 5.97 Å². The third-order valence-corrected chi connectivity index (χ3v) is 5.36. The fourth-order valence-electron chi connectivity index (χ4n) is 4.23. The van der Waals surface area contributed by atoms with Gasteiger partial charge in [-0.15, -0.1) is 0 Å². The molecule has 0 radical (unpaired) electrons. The molecular formula is C22H24O4. The van der Waals surface area contributed by atoms with Crippen molar-refractivity contribution in [3.05, 3.63) is 59.7 Å². The zero-order chi connectivity index (χ0) is 18.7. The van der Waals surface area contributed by atoms with Gasteiger partial charge in [-0.3, -0.25) is 9.59 Å². The van der Waals surface area contributed by atoms with Crippen molar-refractivity contribution in [3.63, 3.8) is 0 Å². The molecule has 0 bridgehead atoms. The van der Waals surface area contributed by atoms with Crippen LogP contribution in [0.4, 0.5) is 0 Å². The molecule has 0 N–H and O–H groups in total. The van der Waals surface area contributed by atoms with Crippen molar-refractivity contribution in [1.82, 2.24) is 0 Å². The molecule has 1 aliphatic carbocycles. The van der Waals surface area contributed by atoms with Crippen LogP contribution in [-0.4, -0.2) is 26.2 Å². The SMILES string of the molecule is CCCCC(C(=O)OC)C1(C(=O)OC)c2ccccc2-c2ccccc21. The highest BCUT2D eigenvalue weighted by molar-refractivity contribution is 6.01. The van der Waals surface area contributed by atoms with Gasteiger partial charge in [-0.2, -0.15) is 0 Å². The van der Waals surface area contributed by atoms with Crippen molar-refractivity contribution in [2.45, 2.75) is 31.6 Å². The first kappa shape index (κ1) is 18.2. The maximum absolute atomic E-state index is 13.3. The Bertz CT molecular complexity index is 779. The van der Waals surface area contributed by atoms with Crippen molar-refractivity contribution in [2.24, 2.45) is 5.92 Å². The van der Waals surface area contributed by atoms with E-state index in [4.69, 9.17) is 9.47 Å². The van der Waals surface area contributed by atoms with E-state index in [1.165, 1.54) is 14.2 Å². The molecule has 26 heavy (non-hydrogen) atoms. The first-order chi connectivity index (χ1) is 12.6. The van der Waals surface area contributed by atoms with E-state index < -0.39 is 17.3 Å². The van der Waals surface area contributed by atoms with Crippen LogP contribution in [0, 0.1) is 5.92 Å². The number of rotatable bonds is 6. The second-order valence-corrected chi connectivity index (χ2v) is 6.61. The molecule has 1 atom stereocenters. The van der Waals surface area contributed by atoms with Crippen LogP contribution in [0.5, 0.6) is 0 Å². The quantitative estimate of drug-likeness (QED) is 0.734. The van der Waals surface area contributed by atoms with Gasteiger partial charge < -0.3 is 9.47 Å². The lowest BCUT2D eigenvalue weighted by Gasteiger charge is -2.35. The second kappa shape index (κ2) is 7.32. The lowest BCUT2D eigenvalue weighted by molar-refractivity contribution is -0.158. The zero-order valence-corrected chi connectivity index (χ0v) is 15.5. The van der Waals surface area contributed by atoms with Crippen LogP contribution >= 0.6 is 0 Å². The normalized spacial score (nSPS) is 14.9. The molecule has 2 aromatic rings. The highest BCUT2D eigenvalue weighted by Gasteiger charge is 2.57. The number of unbranched alkanes of at least 4 members (excludes halogenated alkanes) is 1. The Kier molecular flexibility index (Phi) is 5.12. The first-order valence-electron chi connectivity index (χ1n) is 8.98.